The van der Waals surface area contributed by atoms with Gasteiger partial charge in [-0.1, -0.05) is 133 Å². The summed E-state index contributed by atoms with van der Waals surface area (Å²) in [6.07, 6.45) is 0. The molecule has 0 aliphatic rings. The second kappa shape index (κ2) is 10.9. The highest BCUT2D eigenvalue weighted by Gasteiger charge is 2.19. The number of benzene rings is 9. The van der Waals surface area contributed by atoms with Gasteiger partial charge >= 0.3 is 0 Å². The summed E-state index contributed by atoms with van der Waals surface area (Å²) < 4.78 is 5.40. The molecule has 0 amide bonds. The normalized spacial score (nSPS) is 12.0. The Morgan fingerprint density at radius 3 is 1.48 bits per heavy atom. The number of hydrogen-bond donors (Lipinski definition) is 0. The first kappa shape index (κ1) is 28.1. The van der Waals surface area contributed by atoms with Crippen LogP contribution >= 0.6 is 22.7 Å². The number of thiophene rings is 2. The molecular formula is C48H28S2. The van der Waals surface area contributed by atoms with Crippen molar-refractivity contribution in [2.75, 3.05) is 0 Å². The summed E-state index contributed by atoms with van der Waals surface area (Å²) in [7, 11) is 0. The van der Waals surface area contributed by atoms with Gasteiger partial charge in [-0.2, -0.15) is 0 Å². The Bertz CT molecular complexity index is 3080. The molecule has 0 N–H and O–H groups in total. The van der Waals surface area contributed by atoms with Crippen molar-refractivity contribution in [1.82, 2.24) is 0 Å². The van der Waals surface area contributed by atoms with E-state index in [1.54, 1.807) is 0 Å². The zero-order valence-corrected chi connectivity index (χ0v) is 28.6. The van der Waals surface area contributed by atoms with Crippen LogP contribution in [0.2, 0.25) is 0 Å². The highest BCUT2D eigenvalue weighted by molar-refractivity contribution is 7.27. The van der Waals surface area contributed by atoms with Crippen LogP contribution < -0.4 is 0 Å². The standard InChI is InChI=1S/C48H28S2/c1-2-12-29(13-3-1)47-36-17-6-8-19-38(36)48(39-20-9-7-18-37(39)47)42-25-32(24-31-14-4-5-15-33(31)42)30-22-23-35-41-28-45-40(27-46(41)50-44(35)26-30)34-16-10-11-21-43(34)49-45/h1-28H. The molecule has 50 heavy (non-hydrogen) atoms. The summed E-state index contributed by atoms with van der Waals surface area (Å²) in [5.41, 5.74) is 7.60. The summed E-state index contributed by atoms with van der Waals surface area (Å²) in [4.78, 5) is 0. The molecule has 0 bridgehead atoms. The van der Waals surface area contributed by atoms with E-state index in [0.717, 1.165) is 0 Å². The van der Waals surface area contributed by atoms with Crippen molar-refractivity contribution >= 4 is 95.3 Å². The average Bonchev–Trinajstić information content (AvgIpc) is 3.72. The Labute approximate surface area is 297 Å². The van der Waals surface area contributed by atoms with Crippen molar-refractivity contribution in [3.63, 3.8) is 0 Å². The van der Waals surface area contributed by atoms with Crippen LogP contribution in [0.3, 0.4) is 0 Å². The summed E-state index contributed by atoms with van der Waals surface area (Å²) >= 11 is 3.80. The maximum Gasteiger partial charge on any atom is 0.0362 e. The third-order valence-electron chi connectivity index (χ3n) is 10.4. The lowest BCUT2D eigenvalue weighted by atomic mass is 9.84. The molecule has 9 aromatic carbocycles. The van der Waals surface area contributed by atoms with Gasteiger partial charge in [0.05, 0.1) is 0 Å². The molecule has 0 radical (unpaired) electrons. The van der Waals surface area contributed by atoms with Gasteiger partial charge in [0.2, 0.25) is 0 Å². The number of hydrogen-bond acceptors (Lipinski definition) is 2. The van der Waals surface area contributed by atoms with Crippen LogP contribution in [0, 0.1) is 0 Å². The minimum Gasteiger partial charge on any atom is -0.135 e. The second-order valence-electron chi connectivity index (χ2n) is 13.2. The first-order valence-corrected chi connectivity index (χ1v) is 18.7. The Balaban J connectivity index is 1.16. The molecule has 0 spiro atoms. The Kier molecular flexibility index (Phi) is 6.09. The summed E-state index contributed by atoms with van der Waals surface area (Å²) in [6.45, 7) is 0. The van der Waals surface area contributed by atoms with Crippen molar-refractivity contribution in [2.24, 2.45) is 0 Å². The monoisotopic (exact) mass is 668 g/mol. The maximum atomic E-state index is 2.44. The van der Waals surface area contributed by atoms with E-state index in [2.05, 4.69) is 170 Å². The number of fused-ring (bicyclic) bond motifs is 9. The van der Waals surface area contributed by atoms with Crippen molar-refractivity contribution in [1.29, 1.82) is 0 Å². The Morgan fingerprint density at radius 2 is 0.780 bits per heavy atom. The van der Waals surface area contributed by atoms with Crippen LogP contribution in [0.4, 0.5) is 0 Å². The van der Waals surface area contributed by atoms with E-state index in [4.69, 9.17) is 0 Å². The third kappa shape index (κ3) is 4.16. The van der Waals surface area contributed by atoms with Gasteiger partial charge in [-0.25, -0.2) is 0 Å². The summed E-state index contributed by atoms with van der Waals surface area (Å²) in [6, 6.07) is 63.2. The fourth-order valence-corrected chi connectivity index (χ4v) is 10.5. The van der Waals surface area contributed by atoms with Crippen molar-refractivity contribution in [3.8, 4) is 33.4 Å². The van der Waals surface area contributed by atoms with E-state index in [1.807, 2.05) is 22.7 Å². The molecule has 232 valence electrons. The van der Waals surface area contributed by atoms with Crippen molar-refractivity contribution in [2.45, 2.75) is 0 Å². The van der Waals surface area contributed by atoms with Crippen molar-refractivity contribution in [3.05, 3.63) is 170 Å². The quantitative estimate of drug-likeness (QED) is 0.164. The van der Waals surface area contributed by atoms with Crippen LogP contribution in [0.25, 0.3) is 106 Å². The van der Waals surface area contributed by atoms with Crippen LogP contribution in [0.5, 0.6) is 0 Å². The largest absolute Gasteiger partial charge is 0.135 e. The Hall–Kier alpha value is -5.80. The molecule has 0 nitrogen and oxygen atoms in total. The molecule has 0 aliphatic heterocycles. The molecule has 0 atom stereocenters. The average molecular weight is 669 g/mol. The fraction of sp³-hybridized carbons (Fsp3) is 0. The Morgan fingerprint density at radius 1 is 0.260 bits per heavy atom. The van der Waals surface area contributed by atoms with Gasteiger partial charge in [0.25, 0.3) is 0 Å². The zero-order chi connectivity index (χ0) is 32.8. The van der Waals surface area contributed by atoms with E-state index >= 15 is 0 Å². The predicted octanol–water partition coefficient (Wildman–Crippen LogP) is 14.9. The molecule has 0 aliphatic carbocycles. The fourth-order valence-electron chi connectivity index (χ4n) is 8.19. The molecule has 2 heteroatoms. The van der Waals surface area contributed by atoms with Gasteiger partial charge in [-0.05, 0) is 102 Å². The molecule has 0 saturated heterocycles. The SMILES string of the molecule is c1ccc(-c2c3ccccc3c(-c3cc(-c4ccc5c(c4)sc4cc6c(cc45)sc4ccccc46)cc4ccccc34)c3ccccc23)cc1. The highest BCUT2D eigenvalue weighted by atomic mass is 32.1. The van der Waals surface area contributed by atoms with Gasteiger partial charge in [0.1, 0.15) is 0 Å². The lowest BCUT2D eigenvalue weighted by molar-refractivity contribution is 1.65. The van der Waals surface area contributed by atoms with E-state index in [1.165, 1.54) is 106 Å². The molecule has 0 saturated carbocycles. The molecule has 2 aromatic heterocycles. The van der Waals surface area contributed by atoms with Crippen molar-refractivity contribution < 1.29 is 0 Å². The minimum atomic E-state index is 1.24. The smallest absolute Gasteiger partial charge is 0.0362 e. The lowest BCUT2D eigenvalue weighted by Gasteiger charge is -2.19. The predicted molar refractivity (Wildman–Crippen MR) is 221 cm³/mol. The van der Waals surface area contributed by atoms with E-state index in [-0.39, 0.29) is 0 Å². The second-order valence-corrected chi connectivity index (χ2v) is 15.4. The van der Waals surface area contributed by atoms with Gasteiger partial charge in [-0.3, -0.25) is 0 Å². The van der Waals surface area contributed by atoms with Gasteiger partial charge in [0, 0.05) is 40.3 Å². The van der Waals surface area contributed by atoms with E-state index in [0.29, 0.717) is 0 Å². The highest BCUT2D eigenvalue weighted by Crippen LogP contribution is 2.47. The zero-order valence-electron chi connectivity index (χ0n) is 27.0. The maximum absolute atomic E-state index is 2.44. The molecule has 11 aromatic rings. The third-order valence-corrected chi connectivity index (χ3v) is 12.7. The van der Waals surface area contributed by atoms with Crippen LogP contribution in [0.1, 0.15) is 0 Å². The molecular weight excluding hydrogens is 641 g/mol. The topological polar surface area (TPSA) is 0 Å². The van der Waals surface area contributed by atoms with Gasteiger partial charge in [0.15, 0.2) is 0 Å². The first-order chi connectivity index (χ1) is 24.8. The van der Waals surface area contributed by atoms with Crippen LogP contribution in [0.15, 0.2) is 170 Å². The molecule has 2 heterocycles. The van der Waals surface area contributed by atoms with Gasteiger partial charge in [-0.15, -0.1) is 22.7 Å². The van der Waals surface area contributed by atoms with E-state index < -0.39 is 0 Å². The van der Waals surface area contributed by atoms with Crippen LogP contribution in [-0.2, 0) is 0 Å². The molecule has 11 rings (SSSR count). The lowest BCUT2D eigenvalue weighted by Crippen LogP contribution is -1.92. The van der Waals surface area contributed by atoms with E-state index in [9.17, 15) is 0 Å². The summed E-state index contributed by atoms with van der Waals surface area (Å²) in [5.74, 6) is 0. The minimum absolute atomic E-state index is 1.24. The molecule has 0 fully saturated rings. The van der Waals surface area contributed by atoms with Gasteiger partial charge < -0.3 is 0 Å². The molecule has 0 unspecified atom stereocenters. The van der Waals surface area contributed by atoms with Crippen LogP contribution in [-0.4, -0.2) is 0 Å². The summed E-state index contributed by atoms with van der Waals surface area (Å²) in [5, 5.41) is 13.0. The first-order valence-electron chi connectivity index (χ1n) is 17.1. The number of rotatable bonds is 3.